The van der Waals surface area contributed by atoms with Crippen molar-refractivity contribution < 1.29 is 9.53 Å². The number of aromatic amines is 1. The lowest BCUT2D eigenvalue weighted by Gasteiger charge is -2.56. The van der Waals surface area contributed by atoms with Crippen molar-refractivity contribution in [2.24, 2.45) is 22.9 Å². The number of rotatable bonds is 6. The van der Waals surface area contributed by atoms with Gasteiger partial charge in [-0.3, -0.25) is 9.89 Å². The van der Waals surface area contributed by atoms with Gasteiger partial charge in [-0.25, -0.2) is 5.43 Å². The van der Waals surface area contributed by atoms with Crippen molar-refractivity contribution in [3.05, 3.63) is 53.4 Å². The monoisotopic (exact) mass is 404 g/mol. The summed E-state index contributed by atoms with van der Waals surface area (Å²) >= 11 is 0. The molecule has 2 N–H and O–H groups in total. The van der Waals surface area contributed by atoms with E-state index >= 15 is 0 Å². The molecule has 4 aliphatic carbocycles. The molecule has 0 saturated heterocycles. The SMILES string of the molecule is COc1ccccc1C=CC=NNC(=O)c1cc(C23CC4CC(CC(C4)C2)C3)[nH]n1. The van der Waals surface area contributed by atoms with Gasteiger partial charge in [-0.2, -0.15) is 10.2 Å². The van der Waals surface area contributed by atoms with E-state index in [1.165, 1.54) is 38.5 Å². The van der Waals surface area contributed by atoms with Crippen LogP contribution in [0.15, 0.2) is 41.5 Å². The molecular weight excluding hydrogens is 376 g/mol. The van der Waals surface area contributed by atoms with E-state index in [0.717, 1.165) is 34.8 Å². The molecule has 30 heavy (non-hydrogen) atoms. The van der Waals surface area contributed by atoms with Crippen molar-refractivity contribution in [2.75, 3.05) is 7.11 Å². The molecule has 6 heteroatoms. The highest BCUT2D eigenvalue weighted by atomic mass is 16.5. The number of nitrogens with one attached hydrogen (secondary N) is 2. The third-order valence-electron chi connectivity index (χ3n) is 7.16. The highest BCUT2D eigenvalue weighted by molar-refractivity contribution is 5.93. The first-order chi connectivity index (χ1) is 14.6. The molecule has 0 radical (unpaired) electrons. The van der Waals surface area contributed by atoms with Crippen LogP contribution >= 0.6 is 0 Å². The van der Waals surface area contributed by atoms with Crippen LogP contribution in [0.25, 0.3) is 6.08 Å². The summed E-state index contributed by atoms with van der Waals surface area (Å²) in [6.07, 6.45) is 13.1. The molecule has 1 aromatic carbocycles. The smallest absolute Gasteiger partial charge is 0.291 e. The van der Waals surface area contributed by atoms with Crippen LogP contribution in [0.1, 0.15) is 60.3 Å². The molecule has 2 aromatic rings. The first kappa shape index (κ1) is 19.1. The molecule has 4 fully saturated rings. The first-order valence-electron chi connectivity index (χ1n) is 10.8. The molecule has 0 unspecified atom stereocenters. The molecule has 1 heterocycles. The molecule has 6 rings (SSSR count). The van der Waals surface area contributed by atoms with Crippen molar-refractivity contribution in [2.45, 2.75) is 43.9 Å². The normalized spacial score (nSPS) is 29.7. The van der Waals surface area contributed by atoms with Gasteiger partial charge < -0.3 is 4.74 Å². The molecule has 0 atom stereocenters. The quantitative estimate of drug-likeness (QED) is 0.556. The lowest BCUT2D eigenvalue weighted by Crippen LogP contribution is -2.48. The van der Waals surface area contributed by atoms with Gasteiger partial charge >= 0.3 is 0 Å². The van der Waals surface area contributed by atoms with E-state index in [0.29, 0.717) is 5.69 Å². The number of nitrogens with zero attached hydrogens (tertiary/aromatic N) is 2. The van der Waals surface area contributed by atoms with E-state index < -0.39 is 0 Å². The van der Waals surface area contributed by atoms with Gasteiger partial charge in [0.15, 0.2) is 5.69 Å². The van der Waals surface area contributed by atoms with Gasteiger partial charge in [0.05, 0.1) is 7.11 Å². The summed E-state index contributed by atoms with van der Waals surface area (Å²) in [4.78, 5) is 12.5. The van der Waals surface area contributed by atoms with Crippen molar-refractivity contribution in [1.82, 2.24) is 15.6 Å². The Hall–Kier alpha value is -2.89. The fraction of sp³-hybridized carbons (Fsp3) is 0.458. The number of hydrogen-bond acceptors (Lipinski definition) is 4. The van der Waals surface area contributed by atoms with Gasteiger partial charge in [0, 0.05) is 22.9 Å². The Bertz CT molecular complexity index is 955. The summed E-state index contributed by atoms with van der Waals surface area (Å²) in [5.74, 6) is 3.08. The van der Waals surface area contributed by atoms with Crippen LogP contribution in [0.2, 0.25) is 0 Å². The van der Waals surface area contributed by atoms with Crippen LogP contribution in [-0.2, 0) is 5.41 Å². The maximum Gasteiger partial charge on any atom is 0.291 e. The van der Waals surface area contributed by atoms with Crippen molar-refractivity contribution in [1.29, 1.82) is 0 Å². The number of para-hydroxylation sites is 1. The van der Waals surface area contributed by atoms with Crippen LogP contribution in [0.3, 0.4) is 0 Å². The molecule has 1 aromatic heterocycles. The van der Waals surface area contributed by atoms with E-state index in [9.17, 15) is 4.79 Å². The highest BCUT2D eigenvalue weighted by Gasteiger charge is 2.52. The van der Waals surface area contributed by atoms with Gasteiger partial charge in [-0.15, -0.1) is 0 Å². The van der Waals surface area contributed by atoms with Gasteiger partial charge in [-0.1, -0.05) is 18.2 Å². The number of ether oxygens (including phenoxy) is 1. The Balaban J connectivity index is 1.21. The number of H-pyrrole nitrogens is 1. The molecule has 0 aliphatic heterocycles. The number of allylic oxidation sites excluding steroid dienone is 1. The predicted molar refractivity (Wildman–Crippen MR) is 116 cm³/mol. The molecule has 1 amide bonds. The van der Waals surface area contributed by atoms with Crippen LogP contribution < -0.4 is 10.2 Å². The minimum Gasteiger partial charge on any atom is -0.496 e. The lowest BCUT2D eigenvalue weighted by molar-refractivity contribution is -0.00721. The zero-order valence-corrected chi connectivity index (χ0v) is 17.3. The molecule has 156 valence electrons. The third-order valence-corrected chi connectivity index (χ3v) is 7.16. The van der Waals surface area contributed by atoms with Crippen LogP contribution in [0.4, 0.5) is 0 Å². The number of benzene rings is 1. The number of methoxy groups -OCH3 is 1. The van der Waals surface area contributed by atoms with Gasteiger partial charge in [0.25, 0.3) is 5.91 Å². The van der Waals surface area contributed by atoms with Crippen molar-refractivity contribution in [3.63, 3.8) is 0 Å². The van der Waals surface area contributed by atoms with Crippen molar-refractivity contribution >= 4 is 18.2 Å². The Morgan fingerprint density at radius 1 is 1.20 bits per heavy atom. The summed E-state index contributed by atoms with van der Waals surface area (Å²) in [7, 11) is 1.64. The number of aromatic nitrogens is 2. The number of amides is 1. The maximum atomic E-state index is 12.5. The Labute approximate surface area is 176 Å². The molecule has 4 bridgehead atoms. The summed E-state index contributed by atoms with van der Waals surface area (Å²) in [6, 6.07) is 9.67. The van der Waals surface area contributed by atoms with Crippen LogP contribution in [0, 0.1) is 17.8 Å². The average molecular weight is 405 g/mol. The van der Waals surface area contributed by atoms with Gasteiger partial charge in [-0.05, 0) is 80.6 Å². The van der Waals surface area contributed by atoms with E-state index in [1.807, 2.05) is 36.4 Å². The predicted octanol–water partition coefficient (Wildman–Crippen LogP) is 4.32. The number of carbonyl (C=O) groups excluding carboxylic acids is 1. The summed E-state index contributed by atoms with van der Waals surface area (Å²) < 4.78 is 5.31. The van der Waals surface area contributed by atoms with E-state index in [4.69, 9.17) is 4.74 Å². The van der Waals surface area contributed by atoms with E-state index in [1.54, 1.807) is 19.4 Å². The standard InChI is InChI=1S/C24H28N4O2/c1-30-21-7-3-2-5-19(21)6-4-8-25-28-23(29)20-12-22(27-26-20)24-13-16-9-17(14-24)11-18(10-16)15-24/h2-8,12,16-18H,9-11,13-15H2,1H3,(H,26,27)(H,28,29). The minimum absolute atomic E-state index is 0.209. The van der Waals surface area contributed by atoms with E-state index in [2.05, 4.69) is 20.7 Å². The second kappa shape index (κ2) is 7.74. The van der Waals surface area contributed by atoms with Crippen LogP contribution in [-0.4, -0.2) is 29.4 Å². The van der Waals surface area contributed by atoms with Gasteiger partial charge in [0.1, 0.15) is 5.75 Å². The average Bonchev–Trinajstić information content (AvgIpc) is 3.24. The zero-order valence-electron chi connectivity index (χ0n) is 17.3. The summed E-state index contributed by atoms with van der Waals surface area (Å²) in [5.41, 5.74) is 5.28. The zero-order chi connectivity index (χ0) is 20.6. The fourth-order valence-electron chi connectivity index (χ4n) is 6.30. The topological polar surface area (TPSA) is 79.4 Å². The molecule has 4 aliphatic rings. The summed E-state index contributed by atoms with van der Waals surface area (Å²) in [5, 5.41) is 11.5. The highest BCUT2D eigenvalue weighted by Crippen LogP contribution is 2.60. The Morgan fingerprint density at radius 3 is 2.60 bits per heavy atom. The number of hydrazone groups is 1. The molecule has 0 spiro atoms. The minimum atomic E-state index is -0.288. The summed E-state index contributed by atoms with van der Waals surface area (Å²) in [6.45, 7) is 0. The second-order valence-electron chi connectivity index (χ2n) is 9.18. The molecule has 4 saturated carbocycles. The van der Waals surface area contributed by atoms with Gasteiger partial charge in [0.2, 0.25) is 0 Å². The first-order valence-corrected chi connectivity index (χ1v) is 10.8. The lowest BCUT2D eigenvalue weighted by atomic mass is 9.49. The Kier molecular flexibility index (Phi) is 4.93. The third kappa shape index (κ3) is 3.55. The number of carbonyl (C=O) groups is 1. The molecule has 6 nitrogen and oxygen atoms in total. The van der Waals surface area contributed by atoms with Crippen LogP contribution in [0.5, 0.6) is 5.75 Å². The maximum absolute atomic E-state index is 12.5. The number of hydrogen-bond donors (Lipinski definition) is 2. The Morgan fingerprint density at radius 2 is 1.90 bits per heavy atom. The second-order valence-corrected chi connectivity index (χ2v) is 9.18. The largest absolute Gasteiger partial charge is 0.496 e. The van der Waals surface area contributed by atoms with E-state index in [-0.39, 0.29) is 11.3 Å². The fourth-order valence-corrected chi connectivity index (χ4v) is 6.30. The van der Waals surface area contributed by atoms with Crippen molar-refractivity contribution in [3.8, 4) is 5.75 Å². The molecular formula is C24H28N4O2.